The van der Waals surface area contributed by atoms with Gasteiger partial charge in [0.2, 0.25) is 0 Å². The average molecular weight is 624 g/mol. The number of benzene rings is 1. The summed E-state index contributed by atoms with van der Waals surface area (Å²) in [6, 6.07) is 6.50. The molecule has 36 heavy (non-hydrogen) atoms. The molecule has 2 heterocycles. The molecule has 3 aromatic rings. The molecule has 0 bridgehead atoms. The summed E-state index contributed by atoms with van der Waals surface area (Å²) in [7, 11) is -2.33. The molecule has 1 aliphatic rings. The van der Waals surface area contributed by atoms with E-state index in [9.17, 15) is 18.3 Å². The molecule has 1 N–H and O–H groups in total. The number of rotatable bonds is 5. The van der Waals surface area contributed by atoms with Crippen LogP contribution in [0, 0.1) is 10.5 Å². The zero-order valence-corrected chi connectivity index (χ0v) is 23.9. The Kier molecular flexibility index (Phi) is 7.13. The maximum absolute atomic E-state index is 13.5. The third-order valence-electron chi connectivity index (χ3n) is 6.46. The lowest BCUT2D eigenvalue weighted by atomic mass is 9.86. The van der Waals surface area contributed by atoms with Gasteiger partial charge in [-0.25, -0.2) is 22.2 Å². The molecule has 1 amide bonds. The summed E-state index contributed by atoms with van der Waals surface area (Å²) in [5.74, 6) is 0.524. The fourth-order valence-electron chi connectivity index (χ4n) is 4.89. The molecule has 2 aromatic heterocycles. The van der Waals surface area contributed by atoms with Crippen molar-refractivity contribution in [1.29, 1.82) is 0 Å². The predicted octanol–water partition coefficient (Wildman–Crippen LogP) is 5.91. The van der Waals surface area contributed by atoms with E-state index in [-0.39, 0.29) is 10.9 Å². The number of aryl methyl sites for hydroxylation is 1. The second-order valence-corrected chi connectivity index (χ2v) is 13.0. The fourth-order valence-corrected chi connectivity index (χ4v) is 7.19. The molecule has 0 fully saturated rings. The number of ether oxygens (including phenoxy) is 1. The standard InChI is InChI=1S/C26H30IN3O5S/c1-16-9-11-19(12-10-16)36(33,34)29-15-20(27)23-22(21(35-5)14-28-24(23)29)17-7-6-8-18(13-17)30(25(31)32)26(2,3)4/h7,9-12,14-15,18H,6,8,13H2,1-5H3,(H,31,32). The predicted molar refractivity (Wildman–Crippen MR) is 148 cm³/mol. The van der Waals surface area contributed by atoms with Crippen LogP contribution in [0.2, 0.25) is 0 Å². The van der Waals surface area contributed by atoms with Gasteiger partial charge in [-0.3, -0.25) is 0 Å². The van der Waals surface area contributed by atoms with E-state index in [2.05, 4.69) is 33.7 Å². The molecule has 0 aliphatic heterocycles. The molecular weight excluding hydrogens is 593 g/mol. The number of carboxylic acid groups (broad SMARTS) is 1. The van der Waals surface area contributed by atoms with Crippen LogP contribution in [0.3, 0.4) is 0 Å². The molecule has 1 aliphatic carbocycles. The first kappa shape index (κ1) is 26.5. The van der Waals surface area contributed by atoms with E-state index in [1.54, 1.807) is 37.6 Å². The van der Waals surface area contributed by atoms with Crippen molar-refractivity contribution in [2.24, 2.45) is 0 Å². The highest BCUT2D eigenvalue weighted by Gasteiger charge is 2.36. The van der Waals surface area contributed by atoms with Gasteiger partial charge < -0.3 is 14.7 Å². The number of allylic oxidation sites excluding steroid dienone is 1. The molecule has 0 radical (unpaired) electrons. The van der Waals surface area contributed by atoms with E-state index in [0.29, 0.717) is 39.6 Å². The molecule has 1 aromatic carbocycles. The van der Waals surface area contributed by atoms with E-state index >= 15 is 0 Å². The number of fused-ring (bicyclic) bond motifs is 1. The summed E-state index contributed by atoms with van der Waals surface area (Å²) in [6.45, 7) is 7.58. The molecule has 0 saturated heterocycles. The Hall–Kier alpha value is -2.60. The summed E-state index contributed by atoms with van der Waals surface area (Å²) in [4.78, 5) is 18.3. The van der Waals surface area contributed by atoms with Crippen molar-refractivity contribution in [2.75, 3.05) is 7.11 Å². The van der Waals surface area contributed by atoms with E-state index in [4.69, 9.17) is 4.74 Å². The zero-order chi connectivity index (χ0) is 26.4. The minimum Gasteiger partial charge on any atom is -0.494 e. The van der Waals surface area contributed by atoms with Crippen LogP contribution in [-0.2, 0) is 10.0 Å². The lowest BCUT2D eigenvalue weighted by Gasteiger charge is -2.41. The molecule has 10 heteroatoms. The zero-order valence-electron chi connectivity index (χ0n) is 20.9. The Balaban J connectivity index is 1.87. The summed E-state index contributed by atoms with van der Waals surface area (Å²) in [5.41, 5.74) is 2.40. The molecule has 1 unspecified atom stereocenters. The van der Waals surface area contributed by atoms with Crippen LogP contribution >= 0.6 is 22.6 Å². The van der Waals surface area contributed by atoms with Gasteiger partial charge in [-0.05, 0) is 87.3 Å². The number of amides is 1. The maximum Gasteiger partial charge on any atom is 0.407 e. The lowest BCUT2D eigenvalue weighted by molar-refractivity contribution is 0.0679. The number of hydrogen-bond donors (Lipinski definition) is 1. The van der Waals surface area contributed by atoms with Gasteiger partial charge in [-0.1, -0.05) is 23.8 Å². The van der Waals surface area contributed by atoms with Crippen molar-refractivity contribution < 1.29 is 23.1 Å². The largest absolute Gasteiger partial charge is 0.494 e. The minimum atomic E-state index is -3.88. The van der Waals surface area contributed by atoms with Gasteiger partial charge in [-0.15, -0.1) is 0 Å². The first-order valence-electron chi connectivity index (χ1n) is 11.6. The Bertz CT molecular complexity index is 1450. The first-order chi connectivity index (χ1) is 16.9. The Morgan fingerprint density at radius 3 is 2.50 bits per heavy atom. The van der Waals surface area contributed by atoms with Gasteiger partial charge in [0.25, 0.3) is 10.0 Å². The Morgan fingerprint density at radius 1 is 1.25 bits per heavy atom. The van der Waals surface area contributed by atoms with Crippen molar-refractivity contribution in [3.8, 4) is 5.75 Å². The van der Waals surface area contributed by atoms with Gasteiger partial charge >= 0.3 is 6.09 Å². The third-order valence-corrected chi connectivity index (χ3v) is 8.94. The summed E-state index contributed by atoms with van der Waals surface area (Å²) >= 11 is 2.13. The SMILES string of the molecule is COc1cnc2c(c(I)cn2S(=O)(=O)c2ccc(C)cc2)c1C1=CCCC(N(C(=O)O)C(C)(C)C)C1. The van der Waals surface area contributed by atoms with Gasteiger partial charge in [-0.2, -0.15) is 0 Å². The van der Waals surface area contributed by atoms with Crippen LogP contribution in [0.25, 0.3) is 16.6 Å². The van der Waals surface area contributed by atoms with Gasteiger partial charge in [0.1, 0.15) is 5.75 Å². The highest BCUT2D eigenvalue weighted by molar-refractivity contribution is 14.1. The quantitative estimate of drug-likeness (QED) is 0.355. The van der Waals surface area contributed by atoms with E-state index in [0.717, 1.165) is 16.7 Å². The number of halogens is 1. The van der Waals surface area contributed by atoms with Crippen LogP contribution < -0.4 is 4.74 Å². The van der Waals surface area contributed by atoms with Crippen LogP contribution in [0.4, 0.5) is 4.79 Å². The Labute approximate surface area is 225 Å². The van der Waals surface area contributed by atoms with Gasteiger partial charge in [0.15, 0.2) is 5.65 Å². The number of nitrogens with zero attached hydrogens (tertiary/aromatic N) is 3. The molecule has 4 rings (SSSR count). The Morgan fingerprint density at radius 2 is 1.92 bits per heavy atom. The normalized spacial score (nSPS) is 16.6. The molecule has 192 valence electrons. The number of pyridine rings is 1. The van der Waals surface area contributed by atoms with Crippen molar-refractivity contribution >= 4 is 55.3 Å². The summed E-state index contributed by atoms with van der Waals surface area (Å²) in [6.07, 6.45) is 6.16. The van der Waals surface area contributed by atoms with Crippen LogP contribution in [0.15, 0.2) is 47.6 Å². The summed E-state index contributed by atoms with van der Waals surface area (Å²) < 4.78 is 34.7. The first-order valence-corrected chi connectivity index (χ1v) is 14.2. The highest BCUT2D eigenvalue weighted by atomic mass is 127. The third kappa shape index (κ3) is 4.72. The van der Waals surface area contributed by atoms with E-state index in [1.165, 1.54) is 15.1 Å². The molecule has 0 spiro atoms. The van der Waals surface area contributed by atoms with E-state index in [1.807, 2.05) is 27.7 Å². The molecule has 8 nitrogen and oxygen atoms in total. The second-order valence-electron chi connectivity index (χ2n) is 9.98. The van der Waals surface area contributed by atoms with E-state index < -0.39 is 21.7 Å². The molecule has 0 saturated carbocycles. The number of methoxy groups -OCH3 is 1. The number of hydrogen-bond acceptors (Lipinski definition) is 5. The maximum atomic E-state index is 13.5. The summed E-state index contributed by atoms with van der Waals surface area (Å²) in [5, 5.41) is 10.6. The topological polar surface area (TPSA) is 102 Å². The number of carbonyl (C=O) groups is 1. The van der Waals surface area contributed by atoms with Gasteiger partial charge in [0.05, 0.1) is 18.2 Å². The average Bonchev–Trinajstić information content (AvgIpc) is 3.15. The van der Waals surface area contributed by atoms with Crippen LogP contribution in [0.5, 0.6) is 5.75 Å². The van der Waals surface area contributed by atoms with Crippen LogP contribution in [0.1, 0.15) is 51.2 Å². The molecular formula is C26H30IN3O5S. The smallest absolute Gasteiger partial charge is 0.407 e. The van der Waals surface area contributed by atoms with Crippen molar-refractivity contribution in [3.63, 3.8) is 0 Å². The second kappa shape index (κ2) is 9.70. The monoisotopic (exact) mass is 623 g/mol. The molecule has 1 atom stereocenters. The number of aromatic nitrogens is 2. The van der Waals surface area contributed by atoms with Crippen molar-refractivity contribution in [3.05, 3.63) is 57.4 Å². The minimum absolute atomic E-state index is 0.180. The fraction of sp³-hybridized carbons (Fsp3) is 0.385. The highest BCUT2D eigenvalue weighted by Crippen LogP contribution is 2.42. The van der Waals surface area contributed by atoms with Crippen molar-refractivity contribution in [1.82, 2.24) is 13.9 Å². The van der Waals surface area contributed by atoms with Crippen LogP contribution in [-0.4, -0.2) is 52.2 Å². The van der Waals surface area contributed by atoms with Crippen molar-refractivity contribution in [2.45, 2.75) is 63.4 Å². The van der Waals surface area contributed by atoms with Gasteiger partial charge in [0, 0.05) is 32.3 Å². The lowest BCUT2D eigenvalue weighted by Crippen LogP contribution is -2.51.